The number of hydrogen-bond acceptors (Lipinski definition) is 3. The molecule has 0 amide bonds. The van der Waals surface area contributed by atoms with E-state index in [1.807, 2.05) is 0 Å². The second-order valence-electron chi connectivity index (χ2n) is 2.97. The lowest BCUT2D eigenvalue weighted by atomic mass is 10.1. The Bertz CT molecular complexity index is 404. The number of allylic oxidation sites excluding steroid dienone is 1. The van der Waals surface area contributed by atoms with E-state index in [4.69, 9.17) is 4.74 Å². The van der Waals surface area contributed by atoms with Crippen molar-refractivity contribution >= 4 is 0 Å². The molecular weight excluding hydrogens is 201 g/mol. The summed E-state index contributed by atoms with van der Waals surface area (Å²) in [5.74, 6) is -0.420. The van der Waals surface area contributed by atoms with Gasteiger partial charge in [-0.25, -0.2) is 4.39 Å². The van der Waals surface area contributed by atoms with Crippen LogP contribution >= 0.6 is 0 Å². The molecule has 0 aromatic heterocycles. The van der Waals surface area contributed by atoms with Crippen LogP contribution in [0.25, 0.3) is 0 Å². The Morgan fingerprint density at radius 1 is 1.67 bits per heavy atom. The third-order valence-corrected chi connectivity index (χ3v) is 1.88. The van der Waals surface area contributed by atoms with Gasteiger partial charge in [0.1, 0.15) is 0 Å². The largest absolute Gasteiger partial charge is 0.494 e. The molecule has 1 rings (SSSR count). The van der Waals surface area contributed by atoms with Crippen molar-refractivity contribution in [2.24, 2.45) is 0 Å². The number of benzene rings is 1. The zero-order valence-electron chi connectivity index (χ0n) is 8.20. The van der Waals surface area contributed by atoms with Gasteiger partial charge in [-0.15, -0.1) is 0 Å². The molecule has 0 spiro atoms. The summed E-state index contributed by atoms with van der Waals surface area (Å²) < 4.78 is 17.9. The molecular formula is C10H10FNO3. The van der Waals surface area contributed by atoms with Crippen LogP contribution in [0.3, 0.4) is 0 Å². The van der Waals surface area contributed by atoms with Crippen LogP contribution in [0, 0.1) is 15.9 Å². The number of hydrogen-bond donors (Lipinski definition) is 0. The Morgan fingerprint density at radius 3 is 2.80 bits per heavy atom. The molecule has 0 radical (unpaired) electrons. The van der Waals surface area contributed by atoms with Crippen LogP contribution in [0.15, 0.2) is 30.5 Å². The van der Waals surface area contributed by atoms with Gasteiger partial charge in [0, 0.05) is 0 Å². The first-order chi connectivity index (χ1) is 7.04. The summed E-state index contributed by atoms with van der Waals surface area (Å²) in [6, 6.07) is 4.20. The van der Waals surface area contributed by atoms with Crippen molar-refractivity contribution in [1.29, 1.82) is 0 Å². The van der Waals surface area contributed by atoms with Crippen molar-refractivity contribution < 1.29 is 14.1 Å². The molecule has 80 valence electrons. The highest BCUT2D eigenvalue weighted by Crippen LogP contribution is 2.19. The summed E-state index contributed by atoms with van der Waals surface area (Å²) >= 11 is 0. The summed E-state index contributed by atoms with van der Waals surface area (Å²) in [5.41, 5.74) is 0.328. The fourth-order valence-electron chi connectivity index (χ4n) is 1.12. The van der Waals surface area contributed by atoms with E-state index in [0.717, 1.165) is 0 Å². The average molecular weight is 211 g/mol. The Hall–Kier alpha value is -1.91. The number of halogens is 1. The zero-order chi connectivity index (χ0) is 11.4. The fourth-order valence-corrected chi connectivity index (χ4v) is 1.12. The van der Waals surface area contributed by atoms with E-state index in [2.05, 4.69) is 6.58 Å². The maximum absolute atomic E-state index is 13.2. The van der Waals surface area contributed by atoms with E-state index in [0.29, 0.717) is 5.56 Å². The molecule has 0 heterocycles. The molecule has 0 unspecified atom stereocenters. The predicted molar refractivity (Wildman–Crippen MR) is 52.8 cm³/mol. The summed E-state index contributed by atoms with van der Waals surface area (Å²) in [4.78, 5) is 9.72. The van der Waals surface area contributed by atoms with Crippen molar-refractivity contribution in [3.05, 3.63) is 52.0 Å². The highest BCUT2D eigenvalue weighted by atomic mass is 19.1. The van der Waals surface area contributed by atoms with Gasteiger partial charge in [0.15, 0.2) is 11.6 Å². The maximum atomic E-state index is 13.2. The Labute approximate surface area is 86.1 Å². The van der Waals surface area contributed by atoms with E-state index >= 15 is 0 Å². The van der Waals surface area contributed by atoms with Crippen LogP contribution in [0.5, 0.6) is 5.75 Å². The minimum Gasteiger partial charge on any atom is -0.494 e. The number of ether oxygens (including phenoxy) is 1. The van der Waals surface area contributed by atoms with Gasteiger partial charge in [-0.2, -0.15) is 0 Å². The quantitative estimate of drug-likeness (QED) is 0.566. The predicted octanol–water partition coefficient (Wildman–Crippen LogP) is 2.17. The van der Waals surface area contributed by atoms with Crippen LogP contribution in [-0.2, 0) is 6.42 Å². The third-order valence-electron chi connectivity index (χ3n) is 1.88. The first kappa shape index (κ1) is 11.2. The Kier molecular flexibility index (Phi) is 3.38. The molecule has 1 aromatic carbocycles. The normalized spacial score (nSPS) is 9.73. The fraction of sp³-hybridized carbons (Fsp3) is 0.200. The van der Waals surface area contributed by atoms with E-state index in [1.165, 1.54) is 19.2 Å². The van der Waals surface area contributed by atoms with Gasteiger partial charge in [-0.3, -0.25) is 10.1 Å². The van der Waals surface area contributed by atoms with Crippen molar-refractivity contribution in [2.75, 3.05) is 7.11 Å². The monoisotopic (exact) mass is 211 g/mol. The standard InChI is InChI=1S/C10H10FNO3/c1-7(12(13)14)5-8-3-4-10(15-2)9(11)6-8/h3-4,6H,1,5H2,2H3. The van der Waals surface area contributed by atoms with Crippen LogP contribution in [0.4, 0.5) is 4.39 Å². The van der Waals surface area contributed by atoms with E-state index in [9.17, 15) is 14.5 Å². The molecule has 5 heteroatoms. The Balaban J connectivity index is 2.84. The molecule has 0 saturated heterocycles. The molecule has 4 nitrogen and oxygen atoms in total. The summed E-state index contributed by atoms with van der Waals surface area (Å²) in [7, 11) is 1.36. The molecule has 0 saturated carbocycles. The second-order valence-corrected chi connectivity index (χ2v) is 2.97. The first-order valence-corrected chi connectivity index (χ1v) is 4.19. The molecule has 1 aromatic rings. The molecule has 0 bridgehead atoms. The minimum atomic E-state index is -0.581. The third kappa shape index (κ3) is 2.77. The zero-order valence-corrected chi connectivity index (χ0v) is 8.20. The molecule has 0 atom stereocenters. The van der Waals surface area contributed by atoms with Crippen LogP contribution in [-0.4, -0.2) is 12.0 Å². The average Bonchev–Trinajstić information content (AvgIpc) is 2.18. The van der Waals surface area contributed by atoms with E-state index in [-0.39, 0.29) is 17.9 Å². The molecule has 0 aliphatic carbocycles. The molecule has 0 aliphatic rings. The highest BCUT2D eigenvalue weighted by molar-refractivity contribution is 5.30. The number of methoxy groups -OCH3 is 1. The van der Waals surface area contributed by atoms with Gasteiger partial charge in [-0.1, -0.05) is 6.07 Å². The van der Waals surface area contributed by atoms with Gasteiger partial charge < -0.3 is 4.74 Å². The smallest absolute Gasteiger partial charge is 0.243 e. The van der Waals surface area contributed by atoms with Gasteiger partial charge >= 0.3 is 0 Å². The topological polar surface area (TPSA) is 52.4 Å². The van der Waals surface area contributed by atoms with Gasteiger partial charge in [0.25, 0.3) is 0 Å². The molecule has 15 heavy (non-hydrogen) atoms. The van der Waals surface area contributed by atoms with Gasteiger partial charge in [0.2, 0.25) is 5.70 Å². The van der Waals surface area contributed by atoms with Crippen molar-refractivity contribution in [1.82, 2.24) is 0 Å². The second kappa shape index (κ2) is 4.54. The van der Waals surface area contributed by atoms with E-state index < -0.39 is 10.7 Å². The van der Waals surface area contributed by atoms with Crippen LogP contribution in [0.2, 0.25) is 0 Å². The van der Waals surface area contributed by atoms with Crippen LogP contribution in [0.1, 0.15) is 5.56 Å². The Morgan fingerprint density at radius 2 is 2.33 bits per heavy atom. The number of nitrogens with zero attached hydrogens (tertiary/aromatic N) is 1. The summed E-state index contributed by atoms with van der Waals surface area (Å²) in [5, 5.41) is 10.3. The van der Waals surface area contributed by atoms with Crippen molar-refractivity contribution in [3.63, 3.8) is 0 Å². The summed E-state index contributed by atoms with van der Waals surface area (Å²) in [6.07, 6.45) is 0.0217. The molecule has 0 fully saturated rings. The van der Waals surface area contributed by atoms with Gasteiger partial charge in [0.05, 0.1) is 18.5 Å². The lowest BCUT2D eigenvalue weighted by molar-refractivity contribution is -0.426. The SMILES string of the molecule is C=C(Cc1ccc(OC)c(F)c1)[N+](=O)[O-]. The molecule has 0 N–H and O–H groups in total. The van der Waals surface area contributed by atoms with E-state index in [1.54, 1.807) is 6.07 Å². The lowest BCUT2D eigenvalue weighted by Gasteiger charge is -2.03. The highest BCUT2D eigenvalue weighted by Gasteiger charge is 2.10. The van der Waals surface area contributed by atoms with Crippen molar-refractivity contribution in [2.45, 2.75) is 6.42 Å². The lowest BCUT2D eigenvalue weighted by Crippen LogP contribution is -2.01. The van der Waals surface area contributed by atoms with Crippen LogP contribution < -0.4 is 4.74 Å². The first-order valence-electron chi connectivity index (χ1n) is 4.19. The number of rotatable bonds is 4. The number of nitro groups is 1. The molecule has 0 aliphatic heterocycles. The minimum absolute atomic E-state index is 0.0217. The summed E-state index contributed by atoms with van der Waals surface area (Å²) in [6.45, 7) is 3.27. The van der Waals surface area contributed by atoms with Crippen molar-refractivity contribution in [3.8, 4) is 5.75 Å². The van der Waals surface area contributed by atoms with Gasteiger partial charge in [-0.05, 0) is 24.3 Å². The maximum Gasteiger partial charge on any atom is 0.243 e.